The lowest BCUT2D eigenvalue weighted by Crippen LogP contribution is -2.33. The van der Waals surface area contributed by atoms with E-state index >= 15 is 0 Å². The van der Waals surface area contributed by atoms with Gasteiger partial charge in [-0.2, -0.15) is 15.8 Å². The number of hydrogen-bond donors (Lipinski definition) is 4. The van der Waals surface area contributed by atoms with E-state index in [9.17, 15) is 5.26 Å². The quantitative estimate of drug-likeness (QED) is 0.462. The predicted octanol–water partition coefficient (Wildman–Crippen LogP) is 1.49. The van der Waals surface area contributed by atoms with Crippen LogP contribution in [0.2, 0.25) is 0 Å². The Labute approximate surface area is 155 Å². The minimum absolute atomic E-state index is 0.00579. The van der Waals surface area contributed by atoms with E-state index in [1.165, 1.54) is 0 Å². The molecule has 1 aliphatic heterocycles. The second-order valence-electron chi connectivity index (χ2n) is 5.78. The summed E-state index contributed by atoms with van der Waals surface area (Å²) in [4.78, 5) is 8.76. The maximum absolute atomic E-state index is 9.37. The topological polar surface area (TPSA) is 173 Å². The molecule has 0 saturated heterocycles. The van der Waals surface area contributed by atoms with Gasteiger partial charge in [-0.3, -0.25) is 5.32 Å². The van der Waals surface area contributed by atoms with Crippen molar-refractivity contribution in [2.24, 2.45) is 4.99 Å². The van der Waals surface area contributed by atoms with Gasteiger partial charge in [-0.15, -0.1) is 0 Å². The summed E-state index contributed by atoms with van der Waals surface area (Å²) in [5.74, 6) is 0.513. The fourth-order valence-corrected chi connectivity index (χ4v) is 3.05. The smallest absolute Gasteiger partial charge is 0.211 e. The van der Waals surface area contributed by atoms with E-state index < -0.39 is 6.04 Å². The average Bonchev–Trinajstić information content (AvgIpc) is 2.67. The standard InChI is InChI=1S/C18H15N9/c1-2-10-5-9(6-19)3-4-11(10)15-13-14(22)12(7-20)16(23)26-17(13)27-18(25-15)24-8-21/h3-5,15H,2H2,1H3,(H6,22,23,24,25,26,27). The zero-order valence-electron chi connectivity index (χ0n) is 14.4. The number of aromatic nitrogens is 1. The summed E-state index contributed by atoms with van der Waals surface area (Å²) >= 11 is 0. The molecule has 0 saturated carbocycles. The van der Waals surface area contributed by atoms with Gasteiger partial charge in [-0.25, -0.2) is 9.98 Å². The van der Waals surface area contributed by atoms with Gasteiger partial charge in [-0.1, -0.05) is 13.0 Å². The number of rotatable bonds is 2. The number of aliphatic imine (C=N–C) groups is 1. The largest absolute Gasteiger partial charge is 0.397 e. The van der Waals surface area contributed by atoms with Crippen LogP contribution < -0.4 is 22.1 Å². The second-order valence-corrected chi connectivity index (χ2v) is 5.78. The van der Waals surface area contributed by atoms with Crippen molar-refractivity contribution in [2.45, 2.75) is 19.4 Å². The molecule has 0 spiro atoms. The zero-order chi connectivity index (χ0) is 19.6. The average molecular weight is 357 g/mol. The van der Waals surface area contributed by atoms with Crippen LogP contribution in [0.3, 0.4) is 0 Å². The van der Waals surface area contributed by atoms with Gasteiger partial charge in [-0.05, 0) is 29.7 Å². The van der Waals surface area contributed by atoms with Crippen LogP contribution in [0.5, 0.6) is 0 Å². The summed E-state index contributed by atoms with van der Waals surface area (Å²) in [7, 11) is 0. The molecular weight excluding hydrogens is 342 g/mol. The molecule has 0 bridgehead atoms. The number of nitrogens with zero attached hydrogens (tertiary/aromatic N) is 5. The molecule has 0 amide bonds. The van der Waals surface area contributed by atoms with Gasteiger partial charge in [0.1, 0.15) is 29.3 Å². The highest BCUT2D eigenvalue weighted by Gasteiger charge is 2.30. The van der Waals surface area contributed by atoms with Gasteiger partial charge in [0, 0.05) is 5.56 Å². The molecule has 1 unspecified atom stereocenters. The molecule has 9 heteroatoms. The minimum Gasteiger partial charge on any atom is -0.397 e. The molecule has 27 heavy (non-hydrogen) atoms. The van der Waals surface area contributed by atoms with Gasteiger partial charge in [0.15, 0.2) is 6.19 Å². The highest BCUT2D eigenvalue weighted by Crippen LogP contribution is 2.41. The molecule has 2 heterocycles. The normalized spacial score (nSPS) is 14.6. The number of nitrogens with one attached hydrogen (secondary N) is 2. The Bertz CT molecular complexity index is 1080. The van der Waals surface area contributed by atoms with Gasteiger partial charge in [0.2, 0.25) is 5.96 Å². The Morgan fingerprint density at radius 2 is 2.00 bits per heavy atom. The van der Waals surface area contributed by atoms with E-state index in [4.69, 9.17) is 22.0 Å². The molecule has 1 atom stereocenters. The SMILES string of the molecule is CCc1cc(C#N)ccc1C1N=C(NC#N)Nc2nc(N)c(C#N)c(N)c21. The third-order valence-electron chi connectivity index (χ3n) is 4.31. The fraction of sp³-hybridized carbons (Fsp3) is 0.167. The Morgan fingerprint density at radius 1 is 1.22 bits per heavy atom. The van der Waals surface area contributed by atoms with Gasteiger partial charge >= 0.3 is 0 Å². The number of guanidine groups is 1. The second kappa shape index (κ2) is 6.91. The number of nitrogens with two attached hydrogens (primary N) is 2. The summed E-state index contributed by atoms with van der Waals surface area (Å²) in [5, 5.41) is 32.8. The number of benzene rings is 1. The summed E-state index contributed by atoms with van der Waals surface area (Å²) < 4.78 is 0. The molecule has 0 fully saturated rings. The van der Waals surface area contributed by atoms with Crippen molar-refractivity contribution in [1.82, 2.24) is 10.3 Å². The molecule has 0 radical (unpaired) electrons. The molecular formula is C18H15N9. The van der Waals surface area contributed by atoms with E-state index in [1.54, 1.807) is 18.2 Å². The third-order valence-corrected chi connectivity index (χ3v) is 4.31. The van der Waals surface area contributed by atoms with Crippen LogP contribution in [0.15, 0.2) is 23.2 Å². The van der Waals surface area contributed by atoms with Crippen molar-refractivity contribution < 1.29 is 0 Å². The van der Waals surface area contributed by atoms with Crippen molar-refractivity contribution in [3.05, 3.63) is 46.0 Å². The number of nitrogen functional groups attached to an aromatic ring is 2. The van der Waals surface area contributed by atoms with Crippen LogP contribution >= 0.6 is 0 Å². The molecule has 9 nitrogen and oxygen atoms in total. The Hall–Kier alpha value is -4.29. The van der Waals surface area contributed by atoms with Crippen LogP contribution in [-0.2, 0) is 6.42 Å². The summed E-state index contributed by atoms with van der Waals surface area (Å²) in [6.45, 7) is 1.96. The molecule has 3 rings (SSSR count). The van der Waals surface area contributed by atoms with E-state index in [0.717, 1.165) is 11.1 Å². The maximum Gasteiger partial charge on any atom is 0.211 e. The number of nitriles is 3. The molecule has 132 valence electrons. The van der Waals surface area contributed by atoms with Gasteiger partial charge in [0.05, 0.1) is 17.3 Å². The molecule has 6 N–H and O–H groups in total. The first-order valence-corrected chi connectivity index (χ1v) is 8.05. The minimum atomic E-state index is -0.611. The van der Waals surface area contributed by atoms with Crippen molar-refractivity contribution in [1.29, 1.82) is 15.8 Å². The van der Waals surface area contributed by atoms with E-state index in [-0.39, 0.29) is 23.0 Å². The lowest BCUT2D eigenvalue weighted by molar-refractivity contribution is 0.829. The lowest BCUT2D eigenvalue weighted by atomic mass is 9.90. The van der Waals surface area contributed by atoms with Crippen LogP contribution in [0.1, 0.15) is 40.8 Å². The first-order chi connectivity index (χ1) is 13.0. The van der Waals surface area contributed by atoms with Crippen molar-refractivity contribution >= 4 is 23.3 Å². The zero-order valence-corrected chi connectivity index (χ0v) is 14.4. The van der Waals surface area contributed by atoms with Crippen LogP contribution in [-0.4, -0.2) is 10.9 Å². The van der Waals surface area contributed by atoms with Crippen LogP contribution in [0.25, 0.3) is 0 Å². The van der Waals surface area contributed by atoms with Crippen LogP contribution in [0, 0.1) is 34.1 Å². The van der Waals surface area contributed by atoms with Crippen LogP contribution in [0.4, 0.5) is 17.3 Å². The maximum atomic E-state index is 9.37. The number of fused-ring (bicyclic) bond motifs is 1. The molecule has 1 aromatic carbocycles. The predicted molar refractivity (Wildman–Crippen MR) is 100.0 cm³/mol. The Morgan fingerprint density at radius 3 is 2.63 bits per heavy atom. The summed E-state index contributed by atoms with van der Waals surface area (Å²) in [6.07, 6.45) is 2.47. The third kappa shape index (κ3) is 2.92. The number of aryl methyl sites for hydroxylation is 1. The molecule has 1 aliphatic rings. The number of pyridine rings is 1. The number of anilines is 3. The van der Waals surface area contributed by atoms with Crippen molar-refractivity contribution in [2.75, 3.05) is 16.8 Å². The summed E-state index contributed by atoms with van der Waals surface area (Å²) in [6, 6.07) is 8.75. The molecule has 2 aromatic rings. The van der Waals surface area contributed by atoms with Crippen molar-refractivity contribution in [3.8, 4) is 18.3 Å². The van der Waals surface area contributed by atoms with Crippen molar-refractivity contribution in [3.63, 3.8) is 0 Å². The number of hydrogen-bond acceptors (Lipinski definition) is 9. The van der Waals surface area contributed by atoms with Gasteiger partial charge < -0.3 is 16.8 Å². The van der Waals surface area contributed by atoms with Gasteiger partial charge in [0.25, 0.3) is 0 Å². The molecule has 0 aliphatic carbocycles. The first kappa shape index (κ1) is 17.5. The lowest BCUT2D eigenvalue weighted by Gasteiger charge is -2.27. The Balaban J connectivity index is 2.29. The van der Waals surface area contributed by atoms with E-state index in [1.807, 2.05) is 19.2 Å². The monoisotopic (exact) mass is 357 g/mol. The fourth-order valence-electron chi connectivity index (χ4n) is 3.05. The Kier molecular flexibility index (Phi) is 4.49. The molecule has 1 aromatic heterocycles. The summed E-state index contributed by atoms with van der Waals surface area (Å²) in [5.41, 5.74) is 15.1. The first-order valence-electron chi connectivity index (χ1n) is 8.05. The highest BCUT2D eigenvalue weighted by molar-refractivity contribution is 5.98. The van der Waals surface area contributed by atoms with E-state index in [2.05, 4.69) is 26.7 Å². The highest BCUT2D eigenvalue weighted by atomic mass is 15.2. The van der Waals surface area contributed by atoms with E-state index in [0.29, 0.717) is 23.4 Å².